The van der Waals surface area contributed by atoms with Gasteiger partial charge < -0.3 is 5.32 Å². The van der Waals surface area contributed by atoms with Crippen LogP contribution in [-0.2, 0) is 23.1 Å². The summed E-state index contributed by atoms with van der Waals surface area (Å²) in [5.74, 6) is 0.281. The predicted octanol–water partition coefficient (Wildman–Crippen LogP) is 2.54. The number of nitrogens with one attached hydrogen (secondary N) is 2. The van der Waals surface area contributed by atoms with Gasteiger partial charge >= 0.3 is 0 Å². The molecule has 2 aliphatic rings. The zero-order valence-corrected chi connectivity index (χ0v) is 17.4. The van der Waals surface area contributed by atoms with E-state index in [1.54, 1.807) is 12.1 Å². The Balaban J connectivity index is 1.37. The molecule has 2 N–H and O–H groups in total. The number of sulfonamides is 1. The number of likely N-dealkylation sites (tertiary alicyclic amines) is 1. The average molecular weight is 404 g/mol. The number of aromatic nitrogens is 2. The van der Waals surface area contributed by atoms with E-state index in [1.165, 1.54) is 11.3 Å². The maximum Gasteiger partial charge on any atom is 0.244 e. The Morgan fingerprint density at radius 2 is 1.96 bits per heavy atom. The van der Waals surface area contributed by atoms with E-state index in [1.807, 2.05) is 18.3 Å². The number of rotatable bonds is 5. The molecule has 2 aromatic rings. The minimum atomic E-state index is -3.45. The monoisotopic (exact) mass is 403 g/mol. The predicted molar refractivity (Wildman–Crippen MR) is 109 cm³/mol. The molecule has 0 amide bonds. The molecule has 0 unspecified atom stereocenters. The molecule has 3 heterocycles. The molecule has 0 aliphatic carbocycles. The van der Waals surface area contributed by atoms with E-state index >= 15 is 0 Å². The van der Waals surface area contributed by atoms with Crippen molar-refractivity contribution in [2.24, 2.45) is 5.92 Å². The highest BCUT2D eigenvalue weighted by molar-refractivity contribution is 7.89. The fourth-order valence-corrected chi connectivity index (χ4v) is 5.61. The molecule has 1 aromatic heterocycles. The maximum absolute atomic E-state index is 12.6. The second-order valence-corrected chi connectivity index (χ2v) is 9.51. The lowest BCUT2D eigenvalue weighted by atomic mass is 9.93. The van der Waals surface area contributed by atoms with Crippen LogP contribution in [0.2, 0.25) is 0 Å². The number of piperidine rings is 1. The van der Waals surface area contributed by atoms with Crippen molar-refractivity contribution < 1.29 is 8.42 Å². The van der Waals surface area contributed by atoms with Crippen LogP contribution < -0.4 is 10.0 Å². The van der Waals surface area contributed by atoms with Crippen molar-refractivity contribution in [3.63, 3.8) is 0 Å². The summed E-state index contributed by atoms with van der Waals surface area (Å²) in [5.41, 5.74) is 3.24. The van der Waals surface area contributed by atoms with E-state index < -0.39 is 10.0 Å². The molecule has 2 aliphatic heterocycles. The summed E-state index contributed by atoms with van der Waals surface area (Å²) in [6.07, 6.45) is 4.76. The fraction of sp³-hybridized carbons (Fsp3) is 0.550. The molecular formula is C20H29N5O2S. The Morgan fingerprint density at radius 3 is 2.71 bits per heavy atom. The van der Waals surface area contributed by atoms with Crippen molar-refractivity contribution in [3.8, 4) is 0 Å². The van der Waals surface area contributed by atoms with Gasteiger partial charge in [-0.2, -0.15) is 9.82 Å². The maximum atomic E-state index is 12.6. The molecule has 1 saturated heterocycles. The largest absolute Gasteiger partial charge is 0.368 e. The summed E-state index contributed by atoms with van der Waals surface area (Å²) >= 11 is 0. The molecule has 0 bridgehead atoms. The number of fused-ring (bicyclic) bond motifs is 1. The number of aryl methyl sites for hydroxylation is 1. The van der Waals surface area contributed by atoms with Crippen molar-refractivity contribution in [1.29, 1.82) is 0 Å². The first-order valence-corrected chi connectivity index (χ1v) is 11.6. The van der Waals surface area contributed by atoms with Crippen LogP contribution in [0.25, 0.3) is 0 Å². The third-order valence-corrected chi connectivity index (χ3v) is 7.41. The smallest absolute Gasteiger partial charge is 0.244 e. The summed E-state index contributed by atoms with van der Waals surface area (Å²) in [5, 5.41) is 7.89. The minimum Gasteiger partial charge on any atom is -0.368 e. The Kier molecular flexibility index (Phi) is 5.44. The van der Waals surface area contributed by atoms with Crippen LogP contribution in [0.4, 0.5) is 5.69 Å². The highest BCUT2D eigenvalue weighted by Crippen LogP contribution is 2.31. The van der Waals surface area contributed by atoms with E-state index in [0.717, 1.165) is 45.4 Å². The van der Waals surface area contributed by atoms with Gasteiger partial charge in [-0.3, -0.25) is 9.58 Å². The first-order valence-electron chi connectivity index (χ1n) is 10.1. The van der Waals surface area contributed by atoms with Crippen LogP contribution in [0.1, 0.15) is 37.4 Å². The number of para-hydroxylation sites is 1. The second-order valence-electron chi connectivity index (χ2n) is 7.83. The van der Waals surface area contributed by atoms with E-state index in [2.05, 4.69) is 38.6 Å². The van der Waals surface area contributed by atoms with Gasteiger partial charge in [0.1, 0.15) is 4.90 Å². The average Bonchev–Trinajstić information content (AvgIpc) is 3.02. The van der Waals surface area contributed by atoms with Gasteiger partial charge in [-0.1, -0.05) is 19.1 Å². The van der Waals surface area contributed by atoms with Crippen molar-refractivity contribution >= 4 is 15.7 Å². The van der Waals surface area contributed by atoms with E-state index in [0.29, 0.717) is 10.6 Å². The van der Waals surface area contributed by atoms with Crippen LogP contribution in [0.5, 0.6) is 0 Å². The summed E-state index contributed by atoms with van der Waals surface area (Å²) < 4.78 is 30.0. The van der Waals surface area contributed by atoms with Gasteiger partial charge in [0, 0.05) is 24.3 Å². The fourth-order valence-electron chi connectivity index (χ4n) is 4.22. The number of nitrogens with zero attached hydrogens (tertiary/aromatic N) is 3. The molecule has 28 heavy (non-hydrogen) atoms. The van der Waals surface area contributed by atoms with Gasteiger partial charge in [-0.25, -0.2) is 8.42 Å². The molecule has 0 spiro atoms. The van der Waals surface area contributed by atoms with Gasteiger partial charge in [-0.15, -0.1) is 0 Å². The van der Waals surface area contributed by atoms with E-state index in [-0.39, 0.29) is 12.1 Å². The van der Waals surface area contributed by atoms with Gasteiger partial charge in [0.05, 0.1) is 18.1 Å². The number of hydrogen-bond donors (Lipinski definition) is 2. The minimum absolute atomic E-state index is 0.240. The molecule has 4 rings (SSSR count). The van der Waals surface area contributed by atoms with Crippen LogP contribution in [0, 0.1) is 12.8 Å². The van der Waals surface area contributed by atoms with E-state index in [9.17, 15) is 8.42 Å². The summed E-state index contributed by atoms with van der Waals surface area (Å²) in [6, 6.07) is 7.10. The Hall–Kier alpha value is -1.90. The summed E-state index contributed by atoms with van der Waals surface area (Å²) in [4.78, 5) is 2.78. The van der Waals surface area contributed by atoms with Crippen molar-refractivity contribution in [1.82, 2.24) is 19.4 Å². The molecule has 0 radical (unpaired) electrons. The van der Waals surface area contributed by atoms with Crippen LogP contribution in [0.15, 0.2) is 35.4 Å². The van der Waals surface area contributed by atoms with Crippen LogP contribution in [0.3, 0.4) is 0 Å². The highest BCUT2D eigenvalue weighted by Gasteiger charge is 2.35. The van der Waals surface area contributed by atoms with Gasteiger partial charge in [-0.05, 0) is 57.3 Å². The lowest BCUT2D eigenvalue weighted by molar-refractivity contribution is 0.163. The Labute approximate surface area is 167 Å². The molecular weight excluding hydrogens is 374 g/mol. The van der Waals surface area contributed by atoms with E-state index in [4.69, 9.17) is 0 Å². The van der Waals surface area contributed by atoms with Gasteiger partial charge in [0.2, 0.25) is 10.0 Å². The molecule has 152 valence electrons. The summed E-state index contributed by atoms with van der Waals surface area (Å²) in [7, 11) is -3.45. The Morgan fingerprint density at radius 1 is 1.21 bits per heavy atom. The number of benzene rings is 1. The van der Waals surface area contributed by atoms with Gasteiger partial charge in [0.25, 0.3) is 0 Å². The first-order chi connectivity index (χ1) is 13.5. The Bertz CT molecular complexity index is 932. The molecule has 1 aromatic carbocycles. The quantitative estimate of drug-likeness (QED) is 0.802. The molecule has 0 saturated carbocycles. The number of anilines is 1. The standard InChI is InChI=1S/C20H29N5O2S/c1-3-10-25-15(2)17(13-21-25)14-24-11-8-16(9-12-24)20-22-18-6-4-5-7-19(18)28(26,27)23-20/h4-7,13,16,20,22-23H,3,8-12,14H2,1-2H3/t20-/m0/s1. The summed E-state index contributed by atoms with van der Waals surface area (Å²) in [6.45, 7) is 8.10. The third kappa shape index (κ3) is 3.81. The first kappa shape index (κ1) is 19.4. The molecule has 1 atom stereocenters. The van der Waals surface area contributed by atoms with Gasteiger partial charge in [0.15, 0.2) is 0 Å². The SMILES string of the molecule is CCCn1ncc(CN2CCC([C@H]3Nc4ccccc4S(=O)(=O)N3)CC2)c1C. The lowest BCUT2D eigenvalue weighted by Crippen LogP contribution is -2.51. The number of hydrogen-bond acceptors (Lipinski definition) is 5. The van der Waals surface area contributed by atoms with Crippen LogP contribution >= 0.6 is 0 Å². The van der Waals surface area contributed by atoms with Crippen LogP contribution in [-0.4, -0.2) is 42.4 Å². The molecule has 8 heteroatoms. The zero-order chi connectivity index (χ0) is 19.7. The normalized spacial score (nSPS) is 22.6. The van der Waals surface area contributed by atoms with Crippen molar-refractivity contribution in [2.45, 2.75) is 57.3 Å². The zero-order valence-electron chi connectivity index (χ0n) is 16.6. The van der Waals surface area contributed by atoms with Crippen molar-refractivity contribution in [2.75, 3.05) is 18.4 Å². The topological polar surface area (TPSA) is 79.3 Å². The highest BCUT2D eigenvalue weighted by atomic mass is 32.2. The lowest BCUT2D eigenvalue weighted by Gasteiger charge is -2.38. The molecule has 1 fully saturated rings. The second kappa shape index (κ2) is 7.85. The third-order valence-electron chi connectivity index (χ3n) is 5.91. The molecule has 7 nitrogen and oxygen atoms in total. The van der Waals surface area contributed by atoms with Crippen molar-refractivity contribution in [3.05, 3.63) is 41.7 Å².